The molecule has 0 amide bonds. The van der Waals surface area contributed by atoms with Gasteiger partial charge in [-0.3, -0.25) is 4.79 Å². The summed E-state index contributed by atoms with van der Waals surface area (Å²) in [5.74, 6) is 0.0883. The SMILES string of the molecule is COC(=O)c1occc1C=CC(=O)c1ccc(C)o1. The van der Waals surface area contributed by atoms with Crippen LogP contribution >= 0.6 is 0 Å². The Labute approximate surface area is 109 Å². The Balaban J connectivity index is 2.17. The van der Waals surface area contributed by atoms with Crippen LogP contribution in [-0.2, 0) is 4.74 Å². The molecular weight excluding hydrogens is 248 g/mol. The van der Waals surface area contributed by atoms with Crippen molar-refractivity contribution in [2.45, 2.75) is 6.92 Å². The molecule has 0 aliphatic heterocycles. The lowest BCUT2D eigenvalue weighted by Crippen LogP contribution is -2.01. The molecule has 2 heterocycles. The Kier molecular flexibility index (Phi) is 3.66. The first-order valence-electron chi connectivity index (χ1n) is 5.56. The van der Waals surface area contributed by atoms with E-state index in [2.05, 4.69) is 4.74 Å². The van der Waals surface area contributed by atoms with Crippen molar-refractivity contribution in [2.75, 3.05) is 7.11 Å². The Morgan fingerprint density at radius 2 is 2.05 bits per heavy atom. The standard InChI is InChI=1S/C14H12O5/c1-9-3-6-12(19-9)11(15)5-4-10-7-8-18-13(10)14(16)17-2/h3-8H,1-2H3. The van der Waals surface area contributed by atoms with Gasteiger partial charge in [0.15, 0.2) is 5.76 Å². The summed E-state index contributed by atoms with van der Waals surface area (Å²) in [6.07, 6.45) is 4.15. The molecule has 0 bridgehead atoms. The first kappa shape index (κ1) is 12.9. The predicted octanol–water partition coefficient (Wildman–Crippen LogP) is 2.86. The quantitative estimate of drug-likeness (QED) is 0.480. The molecule has 0 atom stereocenters. The van der Waals surface area contributed by atoms with Gasteiger partial charge in [0.1, 0.15) is 5.76 Å². The lowest BCUT2D eigenvalue weighted by molar-refractivity contribution is 0.0564. The largest absolute Gasteiger partial charge is 0.463 e. The second-order valence-corrected chi connectivity index (χ2v) is 3.80. The molecule has 5 nitrogen and oxygen atoms in total. The van der Waals surface area contributed by atoms with Crippen molar-refractivity contribution >= 4 is 17.8 Å². The Morgan fingerprint density at radius 3 is 2.68 bits per heavy atom. The summed E-state index contributed by atoms with van der Waals surface area (Å²) < 4.78 is 14.8. The monoisotopic (exact) mass is 260 g/mol. The minimum absolute atomic E-state index is 0.0576. The summed E-state index contributed by atoms with van der Waals surface area (Å²) in [6.45, 7) is 1.76. The molecule has 0 fully saturated rings. The van der Waals surface area contributed by atoms with Crippen LogP contribution in [0.5, 0.6) is 0 Å². The summed E-state index contributed by atoms with van der Waals surface area (Å²) in [5, 5.41) is 0. The molecule has 5 heteroatoms. The van der Waals surface area contributed by atoms with Gasteiger partial charge < -0.3 is 13.6 Å². The number of allylic oxidation sites excluding steroid dienone is 1. The second-order valence-electron chi connectivity index (χ2n) is 3.80. The van der Waals surface area contributed by atoms with Gasteiger partial charge in [0, 0.05) is 5.56 Å². The van der Waals surface area contributed by atoms with Crippen LogP contribution in [0.1, 0.15) is 32.4 Å². The van der Waals surface area contributed by atoms with Crippen LogP contribution in [0.4, 0.5) is 0 Å². The van der Waals surface area contributed by atoms with Crippen molar-refractivity contribution in [3.8, 4) is 0 Å². The van der Waals surface area contributed by atoms with Crippen molar-refractivity contribution in [2.24, 2.45) is 0 Å². The third kappa shape index (κ3) is 2.82. The maximum Gasteiger partial charge on any atom is 0.374 e. The summed E-state index contributed by atoms with van der Waals surface area (Å²) in [6, 6.07) is 4.88. The number of carbonyl (C=O) groups excluding carboxylic acids is 2. The van der Waals surface area contributed by atoms with Gasteiger partial charge in [0.05, 0.1) is 13.4 Å². The first-order valence-corrected chi connectivity index (χ1v) is 5.56. The van der Waals surface area contributed by atoms with E-state index in [1.54, 1.807) is 25.1 Å². The van der Waals surface area contributed by atoms with Crippen molar-refractivity contribution in [1.82, 2.24) is 0 Å². The fraction of sp³-hybridized carbons (Fsp3) is 0.143. The van der Waals surface area contributed by atoms with E-state index in [1.807, 2.05) is 0 Å². The summed E-state index contributed by atoms with van der Waals surface area (Å²) in [7, 11) is 1.26. The van der Waals surface area contributed by atoms with E-state index in [-0.39, 0.29) is 17.3 Å². The van der Waals surface area contributed by atoms with Crippen LogP contribution in [0.3, 0.4) is 0 Å². The third-order valence-electron chi connectivity index (χ3n) is 2.46. The number of hydrogen-bond acceptors (Lipinski definition) is 5. The number of carbonyl (C=O) groups is 2. The molecule has 98 valence electrons. The normalized spacial score (nSPS) is 10.8. The average Bonchev–Trinajstić information content (AvgIpc) is 3.03. The maximum atomic E-state index is 11.8. The van der Waals surface area contributed by atoms with Gasteiger partial charge >= 0.3 is 5.97 Å². The molecule has 0 aliphatic rings. The number of rotatable bonds is 4. The van der Waals surface area contributed by atoms with Crippen LogP contribution in [-0.4, -0.2) is 18.9 Å². The molecule has 0 spiro atoms. The van der Waals surface area contributed by atoms with Gasteiger partial charge in [-0.1, -0.05) is 0 Å². The maximum absolute atomic E-state index is 11.8. The van der Waals surface area contributed by atoms with E-state index in [1.165, 1.54) is 25.5 Å². The van der Waals surface area contributed by atoms with Gasteiger partial charge in [-0.2, -0.15) is 0 Å². The molecule has 0 unspecified atom stereocenters. The average molecular weight is 260 g/mol. The minimum atomic E-state index is -0.592. The van der Waals surface area contributed by atoms with Crippen LogP contribution in [0.25, 0.3) is 6.08 Å². The van der Waals surface area contributed by atoms with Crippen LogP contribution in [0, 0.1) is 6.92 Å². The van der Waals surface area contributed by atoms with Gasteiger partial charge in [0.25, 0.3) is 0 Å². The number of aryl methyl sites for hydroxylation is 1. The zero-order valence-electron chi connectivity index (χ0n) is 10.5. The number of ether oxygens (including phenoxy) is 1. The molecule has 2 aromatic heterocycles. The van der Waals surface area contributed by atoms with Crippen molar-refractivity contribution in [3.63, 3.8) is 0 Å². The van der Waals surface area contributed by atoms with Gasteiger partial charge in [-0.25, -0.2) is 4.79 Å². The Hall–Kier alpha value is -2.56. The topological polar surface area (TPSA) is 69.7 Å². The summed E-state index contributed by atoms with van der Waals surface area (Å²) >= 11 is 0. The lowest BCUT2D eigenvalue weighted by Gasteiger charge is -1.95. The molecule has 0 radical (unpaired) electrons. The fourth-order valence-corrected chi connectivity index (χ4v) is 1.52. The molecule has 0 aromatic carbocycles. The number of methoxy groups -OCH3 is 1. The third-order valence-corrected chi connectivity index (χ3v) is 2.46. The van der Waals surface area contributed by atoms with Crippen molar-refractivity contribution in [3.05, 3.63) is 53.4 Å². The van der Waals surface area contributed by atoms with Gasteiger partial charge in [-0.15, -0.1) is 0 Å². The minimum Gasteiger partial charge on any atom is -0.463 e. The highest BCUT2D eigenvalue weighted by Crippen LogP contribution is 2.15. The number of furan rings is 2. The van der Waals surface area contributed by atoms with Gasteiger partial charge in [-0.05, 0) is 37.3 Å². The van der Waals surface area contributed by atoms with E-state index < -0.39 is 5.97 Å². The van der Waals surface area contributed by atoms with Gasteiger partial charge in [0.2, 0.25) is 11.5 Å². The van der Waals surface area contributed by atoms with E-state index in [9.17, 15) is 9.59 Å². The number of esters is 1. The van der Waals surface area contributed by atoms with Crippen molar-refractivity contribution in [1.29, 1.82) is 0 Å². The molecule has 19 heavy (non-hydrogen) atoms. The Bertz CT molecular complexity index is 630. The van der Waals surface area contributed by atoms with Crippen LogP contribution < -0.4 is 0 Å². The van der Waals surface area contributed by atoms with Crippen LogP contribution in [0.2, 0.25) is 0 Å². The summed E-state index contributed by atoms with van der Waals surface area (Å²) in [4.78, 5) is 23.1. The van der Waals surface area contributed by atoms with E-state index in [0.717, 1.165) is 0 Å². The molecule has 2 aromatic rings. The Morgan fingerprint density at radius 1 is 1.26 bits per heavy atom. The lowest BCUT2D eigenvalue weighted by atomic mass is 10.2. The summed E-state index contributed by atoms with van der Waals surface area (Å²) in [5.41, 5.74) is 0.475. The molecule has 0 saturated carbocycles. The highest BCUT2D eigenvalue weighted by molar-refractivity contribution is 6.05. The smallest absolute Gasteiger partial charge is 0.374 e. The number of hydrogen-bond donors (Lipinski definition) is 0. The molecule has 0 N–H and O–H groups in total. The zero-order chi connectivity index (χ0) is 13.8. The van der Waals surface area contributed by atoms with Crippen LogP contribution in [0.15, 0.2) is 39.4 Å². The zero-order valence-corrected chi connectivity index (χ0v) is 10.5. The van der Waals surface area contributed by atoms with E-state index in [0.29, 0.717) is 11.3 Å². The molecule has 0 saturated heterocycles. The van der Waals surface area contributed by atoms with Crippen molar-refractivity contribution < 1.29 is 23.2 Å². The second kappa shape index (κ2) is 5.39. The molecular formula is C14H12O5. The molecule has 2 rings (SSSR count). The van der Waals surface area contributed by atoms with E-state index >= 15 is 0 Å². The molecule has 0 aliphatic carbocycles. The highest BCUT2D eigenvalue weighted by Gasteiger charge is 2.14. The first-order chi connectivity index (χ1) is 9.11. The van der Waals surface area contributed by atoms with E-state index in [4.69, 9.17) is 8.83 Å². The predicted molar refractivity (Wildman–Crippen MR) is 66.9 cm³/mol. The highest BCUT2D eigenvalue weighted by atomic mass is 16.5. The number of ketones is 1. The fourth-order valence-electron chi connectivity index (χ4n) is 1.52.